The average Bonchev–Trinajstić information content (AvgIpc) is 3.15. The Morgan fingerprint density at radius 1 is 1.00 bits per heavy atom. The number of nitrogens with one attached hydrogen (secondary N) is 1. The largest absolute Gasteiger partial charge is 0.508 e. The summed E-state index contributed by atoms with van der Waals surface area (Å²) in [6.45, 7) is 3.78. The number of hydrogen-bond donors (Lipinski definition) is 3. The molecule has 0 unspecified atom stereocenters. The van der Waals surface area contributed by atoms with Gasteiger partial charge in [0.2, 0.25) is 10.0 Å². The molecule has 0 bridgehead atoms. The van der Waals surface area contributed by atoms with Gasteiger partial charge in [0, 0.05) is 27.9 Å². The number of primary sulfonamides is 1. The van der Waals surface area contributed by atoms with Crippen LogP contribution < -0.4 is 10.5 Å². The lowest BCUT2D eigenvalue weighted by molar-refractivity contribution is 0.475. The second kappa shape index (κ2) is 8.10. The molecule has 4 aromatic rings. The number of nitrogens with zero attached hydrogens (tertiary/aromatic N) is 2. The minimum Gasteiger partial charge on any atom is -0.508 e. The Hall–Kier alpha value is -3.27. The van der Waals surface area contributed by atoms with Gasteiger partial charge in [0.15, 0.2) is 5.13 Å². The number of aromatic hydroxyl groups is 1. The lowest BCUT2D eigenvalue weighted by atomic mass is 10.1. The maximum Gasteiger partial charge on any atom is 0.238 e. The highest BCUT2D eigenvalue weighted by Crippen LogP contribution is 2.32. The molecule has 0 aliphatic carbocycles. The van der Waals surface area contributed by atoms with E-state index in [4.69, 9.17) is 5.14 Å². The van der Waals surface area contributed by atoms with Crippen LogP contribution in [-0.4, -0.2) is 23.5 Å². The van der Waals surface area contributed by atoms with Crippen molar-refractivity contribution in [2.75, 3.05) is 5.32 Å². The monoisotopic (exact) mass is 452 g/mol. The van der Waals surface area contributed by atoms with Crippen molar-refractivity contribution in [2.45, 2.75) is 18.7 Å². The van der Waals surface area contributed by atoms with Gasteiger partial charge in [0.25, 0.3) is 0 Å². The Balaban J connectivity index is 1.69. The zero-order chi connectivity index (χ0) is 22.2. The second-order valence-corrected chi connectivity index (χ2v) is 9.53. The summed E-state index contributed by atoms with van der Waals surface area (Å²) < 4.78 is 24.6. The lowest BCUT2D eigenvalue weighted by Crippen LogP contribution is -2.14. The standard InChI is InChI=1S/C22H20N4O3S2/c1-13-8-14(2)24-19(9-13)18-7-6-16(11-21(18)31(23,28)29)25-22-26-20(12-30-22)15-4-3-5-17(27)10-15/h3-12,27H,1-2H3,(H,25,26)(H2,23,28,29). The number of anilines is 2. The molecule has 0 saturated carbocycles. The highest BCUT2D eigenvalue weighted by molar-refractivity contribution is 7.89. The normalized spacial score (nSPS) is 11.5. The third-order valence-electron chi connectivity index (χ3n) is 4.56. The molecule has 0 aliphatic heterocycles. The molecule has 0 fully saturated rings. The molecule has 0 saturated heterocycles. The Kier molecular flexibility index (Phi) is 5.48. The van der Waals surface area contributed by atoms with Crippen LogP contribution in [0.5, 0.6) is 5.75 Å². The Morgan fingerprint density at radius 3 is 2.52 bits per heavy atom. The van der Waals surface area contributed by atoms with Gasteiger partial charge in [0.1, 0.15) is 5.75 Å². The van der Waals surface area contributed by atoms with Crippen molar-refractivity contribution < 1.29 is 13.5 Å². The number of aromatic nitrogens is 2. The van der Waals surface area contributed by atoms with E-state index >= 15 is 0 Å². The number of phenols is 1. The first kappa shape index (κ1) is 21.0. The van der Waals surface area contributed by atoms with Crippen LogP contribution in [0.1, 0.15) is 11.3 Å². The molecule has 2 aromatic heterocycles. The van der Waals surface area contributed by atoms with Crippen LogP contribution in [0.3, 0.4) is 0 Å². The number of rotatable bonds is 5. The van der Waals surface area contributed by atoms with E-state index < -0.39 is 10.0 Å². The van der Waals surface area contributed by atoms with E-state index in [1.165, 1.54) is 17.4 Å². The van der Waals surface area contributed by atoms with Crippen molar-refractivity contribution in [3.05, 3.63) is 71.2 Å². The van der Waals surface area contributed by atoms with Gasteiger partial charge in [-0.05, 0) is 61.9 Å². The minimum absolute atomic E-state index is 0.0141. The van der Waals surface area contributed by atoms with E-state index in [-0.39, 0.29) is 10.6 Å². The summed E-state index contributed by atoms with van der Waals surface area (Å²) in [5, 5.41) is 20.7. The molecule has 2 heterocycles. The fourth-order valence-electron chi connectivity index (χ4n) is 3.28. The number of thiazole rings is 1. The van der Waals surface area contributed by atoms with Crippen LogP contribution in [0.4, 0.5) is 10.8 Å². The Morgan fingerprint density at radius 2 is 1.81 bits per heavy atom. The number of aryl methyl sites for hydroxylation is 2. The molecule has 0 radical (unpaired) electrons. The van der Waals surface area contributed by atoms with Crippen LogP contribution in [0.15, 0.2) is 64.9 Å². The van der Waals surface area contributed by atoms with Crippen molar-refractivity contribution in [1.82, 2.24) is 9.97 Å². The van der Waals surface area contributed by atoms with Crippen molar-refractivity contribution in [1.29, 1.82) is 0 Å². The number of phenolic OH excluding ortho intramolecular Hbond substituents is 1. The maximum absolute atomic E-state index is 12.3. The van der Waals surface area contributed by atoms with Gasteiger partial charge >= 0.3 is 0 Å². The number of sulfonamides is 1. The number of pyridine rings is 1. The highest BCUT2D eigenvalue weighted by Gasteiger charge is 2.18. The molecule has 0 spiro atoms. The summed E-state index contributed by atoms with van der Waals surface area (Å²) >= 11 is 1.37. The Labute approximate surface area is 184 Å². The van der Waals surface area contributed by atoms with Crippen LogP contribution >= 0.6 is 11.3 Å². The summed E-state index contributed by atoms with van der Waals surface area (Å²) in [5.74, 6) is 0.161. The van der Waals surface area contributed by atoms with E-state index in [9.17, 15) is 13.5 Å². The van der Waals surface area contributed by atoms with Crippen molar-refractivity contribution in [3.63, 3.8) is 0 Å². The van der Waals surface area contributed by atoms with Gasteiger partial charge in [-0.15, -0.1) is 11.3 Å². The second-order valence-electron chi connectivity index (χ2n) is 7.14. The van der Waals surface area contributed by atoms with Gasteiger partial charge in [0.05, 0.1) is 16.3 Å². The van der Waals surface area contributed by atoms with Crippen LogP contribution in [-0.2, 0) is 10.0 Å². The Bertz CT molecular complexity index is 1360. The first-order valence-electron chi connectivity index (χ1n) is 9.33. The summed E-state index contributed by atoms with van der Waals surface area (Å²) in [7, 11) is -3.99. The molecular formula is C22H20N4O3S2. The summed E-state index contributed by atoms with van der Waals surface area (Å²) in [4.78, 5) is 8.97. The van der Waals surface area contributed by atoms with E-state index in [1.54, 1.807) is 30.3 Å². The lowest BCUT2D eigenvalue weighted by Gasteiger charge is -2.12. The van der Waals surface area contributed by atoms with Gasteiger partial charge in [-0.2, -0.15) is 0 Å². The predicted molar refractivity (Wildman–Crippen MR) is 123 cm³/mol. The molecule has 9 heteroatoms. The first-order chi connectivity index (χ1) is 14.7. The minimum atomic E-state index is -3.99. The van der Waals surface area contributed by atoms with Gasteiger partial charge in [-0.25, -0.2) is 18.5 Å². The third kappa shape index (κ3) is 4.74. The SMILES string of the molecule is Cc1cc(C)nc(-c2ccc(Nc3nc(-c4cccc(O)c4)cs3)cc2S(N)(=O)=O)c1. The third-order valence-corrected chi connectivity index (χ3v) is 6.27. The van der Waals surface area contributed by atoms with Crippen LogP contribution in [0.25, 0.3) is 22.5 Å². The fraction of sp³-hybridized carbons (Fsp3) is 0.0909. The van der Waals surface area contributed by atoms with E-state index in [0.29, 0.717) is 27.8 Å². The van der Waals surface area contributed by atoms with Gasteiger partial charge < -0.3 is 10.4 Å². The molecule has 4 N–H and O–H groups in total. The van der Waals surface area contributed by atoms with E-state index in [2.05, 4.69) is 15.3 Å². The number of nitrogens with two attached hydrogens (primary N) is 1. The molecule has 0 aliphatic rings. The van der Waals surface area contributed by atoms with E-state index in [1.807, 2.05) is 37.4 Å². The highest BCUT2D eigenvalue weighted by atomic mass is 32.2. The molecule has 31 heavy (non-hydrogen) atoms. The van der Waals surface area contributed by atoms with Crippen molar-refractivity contribution >= 4 is 32.2 Å². The van der Waals surface area contributed by atoms with Crippen LogP contribution in [0.2, 0.25) is 0 Å². The topological polar surface area (TPSA) is 118 Å². The summed E-state index contributed by atoms with van der Waals surface area (Å²) in [6, 6.07) is 15.5. The van der Waals surface area contributed by atoms with Gasteiger partial charge in [-0.1, -0.05) is 12.1 Å². The first-order valence-corrected chi connectivity index (χ1v) is 11.8. The number of hydrogen-bond acceptors (Lipinski definition) is 7. The van der Waals surface area contributed by atoms with Crippen molar-refractivity contribution in [3.8, 4) is 28.3 Å². The van der Waals surface area contributed by atoms with Crippen molar-refractivity contribution in [2.24, 2.45) is 5.14 Å². The smallest absolute Gasteiger partial charge is 0.238 e. The number of benzene rings is 2. The molecule has 7 nitrogen and oxygen atoms in total. The zero-order valence-corrected chi connectivity index (χ0v) is 18.5. The molecule has 158 valence electrons. The summed E-state index contributed by atoms with van der Waals surface area (Å²) in [6.07, 6.45) is 0. The molecule has 0 atom stereocenters. The molecule has 4 rings (SSSR count). The quantitative estimate of drug-likeness (QED) is 0.408. The summed E-state index contributed by atoms with van der Waals surface area (Å²) in [5.41, 5.74) is 4.78. The van der Waals surface area contributed by atoms with Gasteiger partial charge in [-0.3, -0.25) is 4.98 Å². The molecule has 2 aromatic carbocycles. The van der Waals surface area contributed by atoms with Crippen LogP contribution in [0, 0.1) is 13.8 Å². The fourth-order valence-corrected chi connectivity index (χ4v) is 4.79. The predicted octanol–water partition coefficient (Wildman–Crippen LogP) is 4.59. The molecular weight excluding hydrogens is 432 g/mol. The zero-order valence-electron chi connectivity index (χ0n) is 16.8. The molecule has 0 amide bonds. The van der Waals surface area contributed by atoms with E-state index in [0.717, 1.165) is 16.8 Å². The maximum atomic E-state index is 12.3. The average molecular weight is 453 g/mol.